The van der Waals surface area contributed by atoms with Crippen molar-refractivity contribution in [3.63, 3.8) is 0 Å². The minimum Gasteiger partial charge on any atom is -0.873 e. The molecule has 0 aliphatic carbocycles. The molecule has 0 fully saturated rings. The quantitative estimate of drug-likeness (QED) is 0.113. The van der Waals surface area contributed by atoms with Crippen molar-refractivity contribution in [1.82, 2.24) is 0 Å². The second-order valence-corrected chi connectivity index (χ2v) is 12.1. The molecule has 3 aromatic carbocycles. The van der Waals surface area contributed by atoms with Crippen molar-refractivity contribution in [2.24, 2.45) is 9.98 Å². The molecule has 0 saturated carbocycles. The van der Waals surface area contributed by atoms with Gasteiger partial charge in [0.25, 0.3) is 0 Å². The molecule has 0 aromatic heterocycles. The van der Waals surface area contributed by atoms with Crippen LogP contribution in [0.25, 0.3) is 0 Å². The first-order valence-electron chi connectivity index (χ1n) is 17.6. The van der Waals surface area contributed by atoms with Gasteiger partial charge in [0.05, 0.1) is 17.1 Å². The van der Waals surface area contributed by atoms with E-state index in [-0.39, 0.29) is 28.0 Å². The van der Waals surface area contributed by atoms with Crippen LogP contribution >= 0.6 is 0 Å². The molecule has 0 spiro atoms. The van der Waals surface area contributed by atoms with Crippen LogP contribution in [0, 0.1) is 6.92 Å². The van der Waals surface area contributed by atoms with Crippen LogP contribution in [0.15, 0.2) is 52.4 Å². The van der Waals surface area contributed by atoms with E-state index in [1.807, 2.05) is 26.1 Å². The van der Waals surface area contributed by atoms with Crippen LogP contribution < -0.4 is 10.2 Å². The van der Waals surface area contributed by atoms with Gasteiger partial charge in [-0.3, -0.25) is 9.98 Å². The van der Waals surface area contributed by atoms with E-state index >= 15 is 0 Å². The zero-order chi connectivity index (χ0) is 33.2. The van der Waals surface area contributed by atoms with Gasteiger partial charge in [0.1, 0.15) is 0 Å². The van der Waals surface area contributed by atoms with E-state index in [1.54, 1.807) is 6.92 Å². The maximum absolute atomic E-state index is 11.5. The molecule has 3 aromatic rings. The predicted octanol–water partition coefficient (Wildman–Crippen LogP) is 10.4. The number of rotatable bonds is 16. The van der Waals surface area contributed by atoms with E-state index in [1.165, 1.54) is 47.9 Å². The van der Waals surface area contributed by atoms with Crippen molar-refractivity contribution in [2.75, 3.05) is 0 Å². The largest absolute Gasteiger partial charge is 2.00 e. The van der Waals surface area contributed by atoms with Gasteiger partial charge < -0.3 is 10.2 Å². The van der Waals surface area contributed by atoms with E-state index in [0.717, 1.165) is 74.0 Å². The van der Waals surface area contributed by atoms with Crippen molar-refractivity contribution in [1.29, 1.82) is 0 Å². The average molecular weight is 670 g/mol. The molecule has 4 nitrogen and oxygen atoms in total. The normalized spacial score (nSPS) is 11.3. The van der Waals surface area contributed by atoms with E-state index in [2.05, 4.69) is 71.0 Å². The van der Waals surface area contributed by atoms with Gasteiger partial charge in [-0.25, -0.2) is 0 Å². The van der Waals surface area contributed by atoms with E-state index in [9.17, 15) is 10.2 Å². The van der Waals surface area contributed by atoms with Gasteiger partial charge in [0.2, 0.25) is 0 Å². The van der Waals surface area contributed by atoms with E-state index in [4.69, 9.17) is 9.98 Å². The Hall–Kier alpha value is -2.91. The molecule has 0 saturated heterocycles. The molecule has 0 amide bonds. The summed E-state index contributed by atoms with van der Waals surface area (Å²) in [4.78, 5) is 9.88. The Morgan fingerprint density at radius 1 is 0.609 bits per heavy atom. The molecule has 0 aliphatic rings. The molecule has 254 valence electrons. The third-order valence-corrected chi connectivity index (χ3v) is 8.23. The molecule has 0 bridgehead atoms. The monoisotopic (exact) mass is 668 g/mol. The Balaban J connectivity index is 0.000000633. The van der Waals surface area contributed by atoms with Gasteiger partial charge in [0, 0.05) is 6.21 Å². The summed E-state index contributed by atoms with van der Waals surface area (Å²) in [6.07, 6.45) is 16.0. The summed E-state index contributed by atoms with van der Waals surface area (Å²) in [7, 11) is 0. The third-order valence-electron chi connectivity index (χ3n) is 8.23. The first kappa shape index (κ1) is 41.1. The van der Waals surface area contributed by atoms with Gasteiger partial charge in [-0.2, -0.15) is 0 Å². The van der Waals surface area contributed by atoms with Gasteiger partial charge >= 0.3 is 16.5 Å². The molecule has 46 heavy (non-hydrogen) atoms. The smallest absolute Gasteiger partial charge is 0.873 e. The topological polar surface area (TPSA) is 70.8 Å². The fraction of sp³-hybridized carbons (Fsp3) is 0.512. The molecule has 3 rings (SSSR count). The molecule has 0 N–H and O–H groups in total. The summed E-state index contributed by atoms with van der Waals surface area (Å²) in [5, 5.41) is 22.8. The van der Waals surface area contributed by atoms with Crippen molar-refractivity contribution in [2.45, 2.75) is 139 Å². The molecule has 0 aliphatic heterocycles. The minimum absolute atomic E-state index is 0. The van der Waals surface area contributed by atoms with Gasteiger partial charge in [-0.05, 0) is 110 Å². The summed E-state index contributed by atoms with van der Waals surface area (Å²) in [6, 6.07) is 15.3. The van der Waals surface area contributed by atoms with Crippen LogP contribution in [0.2, 0.25) is 0 Å². The molecular formula is C41H58N2NiO2. The standard InChI is InChI=1S/C30H44N2.C11H16O2.Ni/c1-6-11-16-30(32-29-20-18-25(13-8-3)27(22-29)15-10-5)23-31-28-19-17-24(12-7-2)26(21-28)14-9-4;1-4-8-6-7(3)10(12)11(13)9(8)5-2;/h17-23H,6-16H2,1-5H3;6,12-13H,4-5H2,1-3H3;/q;;+2/p-2. The van der Waals surface area contributed by atoms with E-state index in [0.29, 0.717) is 17.5 Å². The zero-order valence-corrected chi connectivity index (χ0v) is 30.8. The van der Waals surface area contributed by atoms with Crippen molar-refractivity contribution in [3.05, 3.63) is 81.4 Å². The molecule has 0 heterocycles. The number of nitrogens with zero attached hydrogens (tertiary/aromatic N) is 2. The Kier molecular flexibility index (Phi) is 20.2. The van der Waals surface area contributed by atoms with Crippen LogP contribution in [-0.4, -0.2) is 11.9 Å². The van der Waals surface area contributed by atoms with Gasteiger partial charge in [-0.1, -0.05) is 110 Å². The second-order valence-electron chi connectivity index (χ2n) is 12.1. The number of hydrogen-bond donors (Lipinski definition) is 0. The van der Waals surface area contributed by atoms with Crippen LogP contribution in [0.5, 0.6) is 11.5 Å². The number of aryl methyl sites for hydroxylation is 6. The van der Waals surface area contributed by atoms with E-state index < -0.39 is 0 Å². The zero-order valence-electron chi connectivity index (χ0n) is 29.8. The molecule has 0 atom stereocenters. The summed E-state index contributed by atoms with van der Waals surface area (Å²) >= 11 is 0. The Bertz CT molecular complexity index is 1390. The van der Waals surface area contributed by atoms with Gasteiger partial charge in [-0.15, -0.1) is 11.5 Å². The van der Waals surface area contributed by atoms with Crippen LogP contribution in [-0.2, 0) is 55.0 Å². The maximum Gasteiger partial charge on any atom is 2.00 e. The second kappa shape index (κ2) is 22.6. The Morgan fingerprint density at radius 2 is 1.13 bits per heavy atom. The summed E-state index contributed by atoms with van der Waals surface area (Å²) < 4.78 is 0. The predicted molar refractivity (Wildman–Crippen MR) is 192 cm³/mol. The first-order valence-corrected chi connectivity index (χ1v) is 17.6. The number of benzene rings is 3. The number of aliphatic imine (C=N–C) groups is 2. The summed E-state index contributed by atoms with van der Waals surface area (Å²) in [5.74, 6) is -0.645. The summed E-state index contributed by atoms with van der Waals surface area (Å²) in [5.41, 5.74) is 11.3. The Labute approximate surface area is 290 Å². The van der Waals surface area contributed by atoms with Crippen LogP contribution in [0.1, 0.15) is 132 Å². The third kappa shape index (κ3) is 12.7. The molecule has 5 heteroatoms. The minimum atomic E-state index is -0.339. The first-order chi connectivity index (χ1) is 21.8. The Morgan fingerprint density at radius 3 is 1.63 bits per heavy atom. The van der Waals surface area contributed by atoms with Crippen molar-refractivity contribution >= 4 is 23.3 Å². The van der Waals surface area contributed by atoms with Crippen molar-refractivity contribution in [3.8, 4) is 11.5 Å². The molecule has 0 unspecified atom stereocenters. The number of hydrogen-bond acceptors (Lipinski definition) is 4. The SMILES string of the molecule is CCCCC(C=Nc1ccc(CCC)c(CCC)c1)=Nc1ccc(CCC)c(CCC)c1.CCc1cc(C)c([O-])c([O-])c1CC.[Ni+2]. The summed E-state index contributed by atoms with van der Waals surface area (Å²) in [6.45, 7) is 16.8. The maximum atomic E-state index is 11.5. The molecule has 0 radical (unpaired) electrons. The van der Waals surface area contributed by atoms with Crippen molar-refractivity contribution < 1.29 is 26.7 Å². The average Bonchev–Trinajstić information content (AvgIpc) is 3.04. The molecular weight excluding hydrogens is 611 g/mol. The fourth-order valence-corrected chi connectivity index (χ4v) is 5.81. The van der Waals surface area contributed by atoms with Gasteiger partial charge in [0.15, 0.2) is 0 Å². The van der Waals surface area contributed by atoms with Crippen LogP contribution in [0.3, 0.4) is 0 Å². The fourth-order valence-electron chi connectivity index (χ4n) is 5.81. The number of unbranched alkanes of at least 4 members (excludes halogenated alkanes) is 1. The van der Waals surface area contributed by atoms with Crippen LogP contribution in [0.4, 0.5) is 11.4 Å².